The summed E-state index contributed by atoms with van der Waals surface area (Å²) in [4.78, 5) is 39.6. The van der Waals surface area contributed by atoms with Crippen molar-refractivity contribution >= 4 is 23.3 Å². The first kappa shape index (κ1) is 18.9. The molecule has 1 aromatic carbocycles. The van der Waals surface area contributed by atoms with Crippen LogP contribution in [0.2, 0.25) is 5.02 Å². The average molecular weight is 362 g/mol. The van der Waals surface area contributed by atoms with E-state index in [1.807, 2.05) is 19.0 Å². The molecular weight excluding hydrogens is 342 g/mol. The fourth-order valence-electron chi connectivity index (χ4n) is 2.31. The van der Waals surface area contributed by atoms with E-state index in [0.29, 0.717) is 18.7 Å². The highest BCUT2D eigenvalue weighted by Crippen LogP contribution is 2.16. The number of hydrogen-bond acceptors (Lipinski definition) is 4. The Labute approximate surface area is 151 Å². The summed E-state index contributed by atoms with van der Waals surface area (Å²) in [6.07, 6.45) is 1.31. The molecule has 0 aliphatic rings. The molecule has 0 fully saturated rings. The number of carbonyl (C=O) groups is 2. The molecule has 2 rings (SSSR count). The van der Waals surface area contributed by atoms with Gasteiger partial charge >= 0.3 is 0 Å². The van der Waals surface area contributed by atoms with Crippen LogP contribution < -0.4 is 10.9 Å². The van der Waals surface area contributed by atoms with Gasteiger partial charge in [0.05, 0.1) is 5.02 Å². The molecule has 0 saturated heterocycles. The van der Waals surface area contributed by atoms with E-state index in [1.54, 1.807) is 30.3 Å². The van der Waals surface area contributed by atoms with Crippen molar-refractivity contribution in [3.63, 3.8) is 0 Å². The number of aromatic nitrogens is 1. The zero-order chi connectivity index (χ0) is 18.4. The van der Waals surface area contributed by atoms with E-state index in [2.05, 4.69) is 5.32 Å². The van der Waals surface area contributed by atoms with Crippen LogP contribution >= 0.6 is 11.6 Å². The minimum atomic E-state index is -1.31. The molecule has 0 spiro atoms. The van der Waals surface area contributed by atoms with Crippen LogP contribution in [0, 0.1) is 0 Å². The fourth-order valence-corrected chi connectivity index (χ4v) is 2.48. The Morgan fingerprint density at radius 1 is 1.16 bits per heavy atom. The molecule has 1 atom stereocenters. The summed E-state index contributed by atoms with van der Waals surface area (Å²) in [7, 11) is 3.75. The van der Waals surface area contributed by atoms with Crippen molar-refractivity contribution in [1.29, 1.82) is 0 Å². The van der Waals surface area contributed by atoms with Crippen molar-refractivity contribution in [2.45, 2.75) is 6.04 Å². The van der Waals surface area contributed by atoms with Crippen molar-refractivity contribution in [2.24, 2.45) is 0 Å². The van der Waals surface area contributed by atoms with Gasteiger partial charge in [0.15, 0.2) is 11.8 Å². The molecule has 0 aliphatic carbocycles. The first-order valence-corrected chi connectivity index (χ1v) is 8.17. The van der Waals surface area contributed by atoms with E-state index < -0.39 is 23.3 Å². The number of hydrogen-bond donors (Lipinski definition) is 1. The maximum Gasteiger partial charge on any atom is 0.251 e. The summed E-state index contributed by atoms with van der Waals surface area (Å²) in [6, 6.07) is 9.75. The maximum atomic E-state index is 12.9. The first-order chi connectivity index (χ1) is 11.9. The van der Waals surface area contributed by atoms with E-state index in [9.17, 15) is 14.4 Å². The zero-order valence-electron chi connectivity index (χ0n) is 14.1. The predicted molar refractivity (Wildman–Crippen MR) is 97.1 cm³/mol. The van der Waals surface area contributed by atoms with E-state index in [-0.39, 0.29) is 5.02 Å². The largest absolute Gasteiger partial charge is 0.353 e. The number of carbonyl (C=O) groups excluding carboxylic acids is 2. The number of halogens is 1. The molecular formula is C18H20ClN3O3. The van der Waals surface area contributed by atoms with Gasteiger partial charge in [0, 0.05) is 30.9 Å². The SMILES string of the molecule is CN(C)CCNC(=O)[C@@H](C(=O)c1ccccc1)n1cc(Cl)ccc1=O. The van der Waals surface area contributed by atoms with Crippen molar-refractivity contribution in [3.05, 3.63) is 69.6 Å². The molecule has 6 nitrogen and oxygen atoms in total. The Bertz CT molecular complexity index is 803. The summed E-state index contributed by atoms with van der Waals surface area (Å²) < 4.78 is 1.07. The molecule has 1 N–H and O–H groups in total. The minimum Gasteiger partial charge on any atom is -0.353 e. The normalized spacial score (nSPS) is 12.0. The number of benzene rings is 1. The van der Waals surface area contributed by atoms with Crippen LogP contribution in [0.4, 0.5) is 0 Å². The minimum absolute atomic E-state index is 0.270. The van der Waals surface area contributed by atoms with Crippen LogP contribution in [-0.2, 0) is 4.79 Å². The monoisotopic (exact) mass is 361 g/mol. The van der Waals surface area contributed by atoms with E-state index in [1.165, 1.54) is 18.3 Å². The molecule has 0 radical (unpaired) electrons. The topological polar surface area (TPSA) is 71.4 Å². The van der Waals surface area contributed by atoms with Gasteiger partial charge < -0.3 is 10.2 Å². The Balaban J connectivity index is 2.37. The number of nitrogens with zero attached hydrogens (tertiary/aromatic N) is 2. The molecule has 1 amide bonds. The van der Waals surface area contributed by atoms with Gasteiger partial charge in [-0.2, -0.15) is 0 Å². The Morgan fingerprint density at radius 2 is 1.84 bits per heavy atom. The summed E-state index contributed by atoms with van der Waals surface area (Å²) in [5.74, 6) is -1.01. The molecule has 1 heterocycles. The second kappa shape index (κ2) is 8.60. The summed E-state index contributed by atoms with van der Waals surface area (Å²) in [5, 5.41) is 2.98. The Hall–Kier alpha value is -2.44. The third-order valence-corrected chi connectivity index (χ3v) is 3.82. The lowest BCUT2D eigenvalue weighted by molar-refractivity contribution is -0.123. The molecule has 132 valence electrons. The standard InChI is InChI=1S/C18H20ClN3O3/c1-21(2)11-10-20-18(25)16(17(24)13-6-4-3-5-7-13)22-12-14(19)8-9-15(22)23/h3-9,12,16H,10-11H2,1-2H3,(H,20,25)/t16-/m1/s1. The number of Topliss-reactive ketones (excluding diaryl/α,β-unsaturated/α-hetero) is 1. The van der Waals surface area contributed by atoms with E-state index in [0.717, 1.165) is 4.57 Å². The molecule has 7 heteroatoms. The third-order valence-electron chi connectivity index (χ3n) is 3.59. The Kier molecular flexibility index (Phi) is 6.50. The highest BCUT2D eigenvalue weighted by molar-refractivity contribution is 6.30. The van der Waals surface area contributed by atoms with Crippen molar-refractivity contribution < 1.29 is 9.59 Å². The summed E-state index contributed by atoms with van der Waals surface area (Å²) in [6.45, 7) is 0.974. The third kappa shape index (κ3) is 5.01. The lowest BCUT2D eigenvalue weighted by Crippen LogP contribution is -2.43. The van der Waals surface area contributed by atoms with Gasteiger partial charge in [-0.1, -0.05) is 41.9 Å². The van der Waals surface area contributed by atoms with Crippen LogP contribution in [0.5, 0.6) is 0 Å². The molecule has 0 bridgehead atoms. The fraction of sp³-hybridized carbons (Fsp3) is 0.278. The van der Waals surface area contributed by atoms with Gasteiger partial charge in [0.2, 0.25) is 0 Å². The van der Waals surface area contributed by atoms with Crippen molar-refractivity contribution in [2.75, 3.05) is 27.2 Å². The van der Waals surface area contributed by atoms with Crippen molar-refractivity contribution in [1.82, 2.24) is 14.8 Å². The van der Waals surface area contributed by atoms with Gasteiger partial charge in [-0.25, -0.2) is 0 Å². The van der Waals surface area contributed by atoms with Gasteiger partial charge in [-0.3, -0.25) is 19.0 Å². The van der Waals surface area contributed by atoms with Gasteiger partial charge in [0.25, 0.3) is 11.5 Å². The molecule has 1 aromatic heterocycles. The maximum absolute atomic E-state index is 12.9. The van der Waals surface area contributed by atoms with Crippen LogP contribution in [-0.4, -0.2) is 48.3 Å². The summed E-state index contributed by atoms with van der Waals surface area (Å²) >= 11 is 5.95. The lowest BCUT2D eigenvalue weighted by Gasteiger charge is -2.19. The van der Waals surface area contributed by atoms with Gasteiger partial charge in [-0.15, -0.1) is 0 Å². The molecule has 0 aliphatic heterocycles. The number of amides is 1. The van der Waals surface area contributed by atoms with Crippen LogP contribution in [0.25, 0.3) is 0 Å². The van der Waals surface area contributed by atoms with E-state index >= 15 is 0 Å². The number of nitrogens with one attached hydrogen (secondary N) is 1. The predicted octanol–water partition coefficient (Wildman–Crippen LogP) is 1.60. The number of likely N-dealkylation sites (N-methyl/N-ethyl adjacent to an activating group) is 1. The van der Waals surface area contributed by atoms with Gasteiger partial charge in [-0.05, 0) is 20.2 Å². The summed E-state index contributed by atoms with van der Waals surface area (Å²) in [5.41, 5.74) is -0.122. The van der Waals surface area contributed by atoms with Crippen LogP contribution in [0.1, 0.15) is 16.4 Å². The first-order valence-electron chi connectivity index (χ1n) is 7.79. The highest BCUT2D eigenvalue weighted by atomic mass is 35.5. The second-order valence-corrected chi connectivity index (χ2v) is 6.26. The quantitative estimate of drug-likeness (QED) is 0.600. The molecule has 0 saturated carbocycles. The smallest absolute Gasteiger partial charge is 0.251 e. The van der Waals surface area contributed by atoms with Crippen LogP contribution in [0.15, 0.2) is 53.5 Å². The molecule has 2 aromatic rings. The zero-order valence-corrected chi connectivity index (χ0v) is 14.9. The van der Waals surface area contributed by atoms with Gasteiger partial charge in [0.1, 0.15) is 0 Å². The van der Waals surface area contributed by atoms with Crippen LogP contribution in [0.3, 0.4) is 0 Å². The highest BCUT2D eigenvalue weighted by Gasteiger charge is 2.30. The van der Waals surface area contributed by atoms with Crippen molar-refractivity contribution in [3.8, 4) is 0 Å². The number of pyridine rings is 1. The molecule has 25 heavy (non-hydrogen) atoms. The number of rotatable bonds is 7. The second-order valence-electron chi connectivity index (χ2n) is 5.82. The Morgan fingerprint density at radius 3 is 2.48 bits per heavy atom. The van der Waals surface area contributed by atoms with E-state index in [4.69, 9.17) is 11.6 Å². The lowest BCUT2D eigenvalue weighted by atomic mass is 10.0. The molecule has 0 unspecified atom stereocenters. The number of ketones is 1. The average Bonchev–Trinajstić information content (AvgIpc) is 2.58.